The van der Waals surface area contributed by atoms with Gasteiger partial charge in [0.15, 0.2) is 0 Å². The molecular formula is C31H39N5O8. The molecule has 13 heteroatoms. The average molecular weight is 610 g/mol. The Labute approximate surface area is 254 Å². The van der Waals surface area contributed by atoms with E-state index >= 15 is 0 Å². The number of phenolic OH excluding ortho intramolecular Hbond substituents is 1. The Hall–Kier alpha value is -4.91. The SMILES string of the molecule is CC(C)CC(NC(=O)C(CCC(=O)O)NC(=O)C(N)Cc1c[nH]c2ccccc12)C(=O)NC(Cc1ccc(O)cc1)C(=O)O. The molecule has 236 valence electrons. The molecule has 0 fully saturated rings. The summed E-state index contributed by atoms with van der Waals surface area (Å²) in [7, 11) is 0. The van der Waals surface area contributed by atoms with Crippen LogP contribution in [0.1, 0.15) is 44.2 Å². The molecule has 0 bridgehead atoms. The second-order valence-electron chi connectivity index (χ2n) is 11.1. The van der Waals surface area contributed by atoms with Crippen LogP contribution in [0.15, 0.2) is 54.7 Å². The number of hydrogen-bond donors (Lipinski definition) is 8. The number of H-pyrrole nitrogens is 1. The lowest BCUT2D eigenvalue weighted by atomic mass is 10.00. The van der Waals surface area contributed by atoms with Crippen molar-refractivity contribution in [2.75, 3.05) is 0 Å². The van der Waals surface area contributed by atoms with Crippen LogP contribution in [0.2, 0.25) is 0 Å². The molecule has 3 amide bonds. The molecule has 2 aromatic carbocycles. The molecule has 3 aromatic rings. The number of hydrogen-bond acceptors (Lipinski definition) is 7. The number of para-hydroxylation sites is 1. The van der Waals surface area contributed by atoms with Gasteiger partial charge in [-0.15, -0.1) is 0 Å². The van der Waals surface area contributed by atoms with E-state index < -0.39 is 60.2 Å². The lowest BCUT2D eigenvalue weighted by Gasteiger charge is -2.26. The summed E-state index contributed by atoms with van der Waals surface area (Å²) < 4.78 is 0. The molecule has 3 rings (SSSR count). The number of carboxylic acid groups (broad SMARTS) is 2. The fourth-order valence-electron chi connectivity index (χ4n) is 4.76. The van der Waals surface area contributed by atoms with Gasteiger partial charge in [0.05, 0.1) is 6.04 Å². The van der Waals surface area contributed by atoms with Gasteiger partial charge in [0.1, 0.15) is 23.9 Å². The fourth-order valence-corrected chi connectivity index (χ4v) is 4.76. The number of phenols is 1. The molecule has 44 heavy (non-hydrogen) atoms. The Morgan fingerprint density at radius 2 is 1.43 bits per heavy atom. The summed E-state index contributed by atoms with van der Waals surface area (Å²) in [6, 6.07) is 8.47. The monoisotopic (exact) mass is 609 g/mol. The van der Waals surface area contributed by atoms with Gasteiger partial charge in [0, 0.05) is 29.9 Å². The zero-order valence-corrected chi connectivity index (χ0v) is 24.6. The first kappa shape index (κ1) is 33.6. The van der Waals surface area contributed by atoms with E-state index in [9.17, 15) is 39.3 Å². The molecule has 9 N–H and O–H groups in total. The molecule has 4 atom stereocenters. The van der Waals surface area contributed by atoms with Gasteiger partial charge in [-0.3, -0.25) is 19.2 Å². The van der Waals surface area contributed by atoms with Crippen molar-refractivity contribution < 1.29 is 39.3 Å². The van der Waals surface area contributed by atoms with Crippen LogP contribution in [0.5, 0.6) is 5.75 Å². The molecule has 4 unspecified atom stereocenters. The van der Waals surface area contributed by atoms with E-state index in [0.717, 1.165) is 16.5 Å². The van der Waals surface area contributed by atoms with Gasteiger partial charge in [0.25, 0.3) is 0 Å². The Bertz CT molecular complexity index is 1470. The molecule has 1 heterocycles. The minimum atomic E-state index is -1.33. The quantitative estimate of drug-likeness (QED) is 0.117. The zero-order chi connectivity index (χ0) is 32.4. The third kappa shape index (κ3) is 9.83. The lowest BCUT2D eigenvalue weighted by molar-refractivity contribution is -0.142. The fraction of sp³-hybridized carbons (Fsp3) is 0.387. The van der Waals surface area contributed by atoms with Crippen LogP contribution in [-0.4, -0.2) is 74.1 Å². The Kier molecular flexibility index (Phi) is 11.9. The van der Waals surface area contributed by atoms with Crippen LogP contribution in [0.25, 0.3) is 10.9 Å². The van der Waals surface area contributed by atoms with Gasteiger partial charge in [-0.05, 0) is 54.5 Å². The first-order chi connectivity index (χ1) is 20.8. The number of nitrogens with two attached hydrogens (primary N) is 1. The maximum atomic E-state index is 13.4. The first-order valence-electron chi connectivity index (χ1n) is 14.3. The number of amides is 3. The van der Waals surface area contributed by atoms with Gasteiger partial charge >= 0.3 is 11.9 Å². The van der Waals surface area contributed by atoms with Gasteiger partial charge in [-0.1, -0.05) is 44.2 Å². The minimum absolute atomic E-state index is 0.00725. The highest BCUT2D eigenvalue weighted by Gasteiger charge is 2.31. The van der Waals surface area contributed by atoms with Crippen molar-refractivity contribution in [3.05, 3.63) is 65.9 Å². The van der Waals surface area contributed by atoms with Crippen LogP contribution in [-0.2, 0) is 36.8 Å². The number of aliphatic carboxylic acids is 2. The Morgan fingerprint density at radius 1 is 0.818 bits per heavy atom. The topological polar surface area (TPSA) is 224 Å². The number of carboxylic acids is 2. The molecule has 0 saturated carbocycles. The van der Waals surface area contributed by atoms with Crippen molar-refractivity contribution in [1.82, 2.24) is 20.9 Å². The van der Waals surface area contributed by atoms with Gasteiger partial charge in [0.2, 0.25) is 17.7 Å². The number of nitrogens with one attached hydrogen (secondary N) is 4. The summed E-state index contributed by atoms with van der Waals surface area (Å²) in [6.07, 6.45) is 1.26. The molecule has 0 aliphatic carbocycles. The normalized spacial score (nSPS) is 13.9. The Balaban J connectivity index is 1.71. The maximum Gasteiger partial charge on any atom is 0.326 e. The van der Waals surface area contributed by atoms with E-state index in [4.69, 9.17) is 5.73 Å². The molecule has 0 saturated heterocycles. The summed E-state index contributed by atoms with van der Waals surface area (Å²) in [5.74, 6) is -4.80. The Morgan fingerprint density at radius 3 is 2.07 bits per heavy atom. The highest BCUT2D eigenvalue weighted by Crippen LogP contribution is 2.19. The van der Waals surface area contributed by atoms with Crippen molar-refractivity contribution in [2.45, 2.75) is 70.1 Å². The third-order valence-corrected chi connectivity index (χ3v) is 7.06. The van der Waals surface area contributed by atoms with E-state index in [1.165, 1.54) is 24.3 Å². The second-order valence-corrected chi connectivity index (χ2v) is 11.1. The van der Waals surface area contributed by atoms with Crippen molar-refractivity contribution in [3.63, 3.8) is 0 Å². The van der Waals surface area contributed by atoms with E-state index in [-0.39, 0.29) is 37.4 Å². The number of rotatable bonds is 16. The minimum Gasteiger partial charge on any atom is -0.508 e. The number of fused-ring (bicyclic) bond motifs is 1. The molecule has 0 radical (unpaired) electrons. The van der Waals surface area contributed by atoms with Crippen LogP contribution >= 0.6 is 0 Å². The average Bonchev–Trinajstić information content (AvgIpc) is 3.37. The molecule has 0 aliphatic heterocycles. The third-order valence-electron chi connectivity index (χ3n) is 7.06. The first-order valence-corrected chi connectivity index (χ1v) is 14.3. The number of aromatic hydroxyl groups is 1. The van der Waals surface area contributed by atoms with Crippen molar-refractivity contribution in [1.29, 1.82) is 0 Å². The predicted molar refractivity (Wildman–Crippen MR) is 162 cm³/mol. The van der Waals surface area contributed by atoms with E-state index in [0.29, 0.717) is 5.56 Å². The summed E-state index contributed by atoms with van der Waals surface area (Å²) in [6.45, 7) is 3.62. The van der Waals surface area contributed by atoms with Gasteiger partial charge < -0.3 is 42.0 Å². The smallest absolute Gasteiger partial charge is 0.326 e. The number of carbonyl (C=O) groups is 5. The molecule has 1 aromatic heterocycles. The zero-order valence-electron chi connectivity index (χ0n) is 24.6. The van der Waals surface area contributed by atoms with Crippen LogP contribution in [0.4, 0.5) is 0 Å². The highest BCUT2D eigenvalue weighted by atomic mass is 16.4. The lowest BCUT2D eigenvalue weighted by Crippen LogP contribution is -2.57. The summed E-state index contributed by atoms with van der Waals surface area (Å²) >= 11 is 0. The van der Waals surface area contributed by atoms with E-state index in [1.54, 1.807) is 6.20 Å². The van der Waals surface area contributed by atoms with Crippen molar-refractivity contribution in [2.24, 2.45) is 11.7 Å². The molecule has 0 spiro atoms. The maximum absolute atomic E-state index is 13.4. The predicted octanol–water partition coefficient (Wildman–Crippen LogP) is 1.44. The van der Waals surface area contributed by atoms with Crippen LogP contribution < -0.4 is 21.7 Å². The summed E-state index contributed by atoms with van der Waals surface area (Å²) in [5, 5.41) is 36.9. The van der Waals surface area contributed by atoms with Crippen molar-refractivity contribution >= 4 is 40.6 Å². The van der Waals surface area contributed by atoms with E-state index in [1.807, 2.05) is 38.1 Å². The van der Waals surface area contributed by atoms with Gasteiger partial charge in [-0.25, -0.2) is 4.79 Å². The number of aromatic nitrogens is 1. The van der Waals surface area contributed by atoms with E-state index in [2.05, 4.69) is 20.9 Å². The molecule has 0 aliphatic rings. The van der Waals surface area contributed by atoms with Crippen molar-refractivity contribution in [3.8, 4) is 5.75 Å². The molecular weight excluding hydrogens is 570 g/mol. The van der Waals surface area contributed by atoms with Crippen LogP contribution in [0.3, 0.4) is 0 Å². The number of benzene rings is 2. The standard InChI is InChI=1S/C31H39N5O8/c1-17(2)13-25(30(42)36-26(31(43)44)14-18-7-9-20(37)10-8-18)35-29(41)24(11-12-27(38)39)34-28(40)22(32)15-19-16-33-23-6-4-3-5-21(19)23/h3-10,16-17,22,24-26,33,37H,11-15,32H2,1-2H3,(H,34,40)(H,35,41)(H,36,42)(H,38,39)(H,43,44). The summed E-state index contributed by atoms with van der Waals surface area (Å²) in [4.78, 5) is 66.0. The number of aromatic amines is 1. The highest BCUT2D eigenvalue weighted by molar-refractivity contribution is 5.94. The largest absolute Gasteiger partial charge is 0.508 e. The number of carbonyl (C=O) groups excluding carboxylic acids is 3. The second kappa shape index (κ2) is 15.5. The summed E-state index contributed by atoms with van der Waals surface area (Å²) in [5.41, 5.74) is 8.39. The van der Waals surface area contributed by atoms with Crippen LogP contribution in [0, 0.1) is 5.92 Å². The van der Waals surface area contributed by atoms with Gasteiger partial charge in [-0.2, -0.15) is 0 Å². The molecule has 13 nitrogen and oxygen atoms in total.